The van der Waals surface area contributed by atoms with Crippen LogP contribution in [0.1, 0.15) is 24.5 Å². The molecule has 0 bridgehead atoms. The molecule has 1 aromatic heterocycles. The van der Waals surface area contributed by atoms with Crippen LogP contribution in [0.2, 0.25) is 0 Å². The van der Waals surface area contributed by atoms with E-state index in [1.165, 1.54) is 12.3 Å². The highest BCUT2D eigenvalue weighted by molar-refractivity contribution is 5.17. The standard InChI is InChI=1S/C18H21FN2O2/c19-16-7-4-10-20-18(16)23-15-8-11-21(12-9-15)13-17(22)14-5-2-1-3-6-14/h1-7,10,15,17,22H,8-9,11-13H2/t17-/m1/s1. The number of nitrogens with zero attached hydrogens (tertiary/aromatic N) is 2. The summed E-state index contributed by atoms with van der Waals surface area (Å²) in [5.74, 6) is -0.343. The maximum absolute atomic E-state index is 13.6. The molecule has 0 aliphatic carbocycles. The van der Waals surface area contributed by atoms with E-state index in [4.69, 9.17) is 4.74 Å². The third-order valence-corrected chi connectivity index (χ3v) is 4.15. The molecule has 5 heteroatoms. The van der Waals surface area contributed by atoms with Gasteiger partial charge in [0.25, 0.3) is 5.88 Å². The van der Waals surface area contributed by atoms with Crippen LogP contribution in [0.25, 0.3) is 0 Å². The highest BCUT2D eigenvalue weighted by Crippen LogP contribution is 2.21. The lowest BCUT2D eigenvalue weighted by Crippen LogP contribution is -2.40. The molecule has 0 radical (unpaired) electrons. The van der Waals surface area contributed by atoms with Crippen molar-refractivity contribution in [3.63, 3.8) is 0 Å². The van der Waals surface area contributed by atoms with Crippen molar-refractivity contribution in [2.45, 2.75) is 25.0 Å². The van der Waals surface area contributed by atoms with Crippen LogP contribution < -0.4 is 4.74 Å². The van der Waals surface area contributed by atoms with Crippen molar-refractivity contribution in [2.75, 3.05) is 19.6 Å². The van der Waals surface area contributed by atoms with Gasteiger partial charge >= 0.3 is 0 Å². The minimum Gasteiger partial charge on any atom is -0.472 e. The summed E-state index contributed by atoms with van der Waals surface area (Å²) in [5.41, 5.74) is 0.932. The molecule has 2 aromatic rings. The smallest absolute Gasteiger partial charge is 0.250 e. The monoisotopic (exact) mass is 316 g/mol. The molecule has 3 rings (SSSR count). The first kappa shape index (κ1) is 15.9. The van der Waals surface area contributed by atoms with E-state index in [1.54, 1.807) is 6.07 Å². The van der Waals surface area contributed by atoms with Crippen LogP contribution >= 0.6 is 0 Å². The van der Waals surface area contributed by atoms with Gasteiger partial charge in [-0.05, 0) is 30.5 Å². The zero-order valence-corrected chi connectivity index (χ0v) is 12.9. The summed E-state index contributed by atoms with van der Waals surface area (Å²) >= 11 is 0. The van der Waals surface area contributed by atoms with Gasteiger partial charge in [-0.1, -0.05) is 30.3 Å². The highest BCUT2D eigenvalue weighted by atomic mass is 19.1. The lowest BCUT2D eigenvalue weighted by atomic mass is 10.1. The molecule has 1 fully saturated rings. The van der Waals surface area contributed by atoms with Gasteiger partial charge in [0.05, 0.1) is 6.10 Å². The van der Waals surface area contributed by atoms with E-state index in [0.29, 0.717) is 6.54 Å². The van der Waals surface area contributed by atoms with Crippen molar-refractivity contribution < 1.29 is 14.2 Å². The van der Waals surface area contributed by atoms with Gasteiger partial charge in [-0.2, -0.15) is 0 Å². The number of rotatable bonds is 5. The fourth-order valence-electron chi connectivity index (χ4n) is 2.85. The van der Waals surface area contributed by atoms with Gasteiger partial charge in [0.1, 0.15) is 6.10 Å². The largest absolute Gasteiger partial charge is 0.472 e. The number of piperidine rings is 1. The molecule has 1 saturated heterocycles. The van der Waals surface area contributed by atoms with E-state index < -0.39 is 11.9 Å². The van der Waals surface area contributed by atoms with E-state index in [0.717, 1.165) is 31.5 Å². The van der Waals surface area contributed by atoms with Crippen LogP contribution in [0.3, 0.4) is 0 Å². The number of halogens is 1. The third kappa shape index (κ3) is 4.27. The van der Waals surface area contributed by atoms with E-state index in [1.807, 2.05) is 30.3 Å². The molecule has 2 heterocycles. The molecule has 1 atom stereocenters. The second-order valence-corrected chi connectivity index (χ2v) is 5.83. The fraction of sp³-hybridized carbons (Fsp3) is 0.389. The van der Waals surface area contributed by atoms with Gasteiger partial charge in [0, 0.05) is 25.8 Å². The second-order valence-electron chi connectivity index (χ2n) is 5.83. The summed E-state index contributed by atoms with van der Waals surface area (Å²) in [6.07, 6.45) is 2.63. The van der Waals surface area contributed by atoms with Gasteiger partial charge in [-0.3, -0.25) is 0 Å². The minimum absolute atomic E-state index is 0.0236. The Balaban J connectivity index is 1.48. The van der Waals surface area contributed by atoms with E-state index >= 15 is 0 Å². The molecule has 23 heavy (non-hydrogen) atoms. The van der Waals surface area contributed by atoms with Crippen molar-refractivity contribution in [3.8, 4) is 5.88 Å². The van der Waals surface area contributed by atoms with Crippen LogP contribution in [0.4, 0.5) is 4.39 Å². The number of ether oxygens (including phenoxy) is 1. The summed E-state index contributed by atoms with van der Waals surface area (Å²) in [7, 11) is 0. The summed E-state index contributed by atoms with van der Waals surface area (Å²) in [4.78, 5) is 6.14. The van der Waals surface area contributed by atoms with Crippen LogP contribution in [0, 0.1) is 5.82 Å². The predicted molar refractivity (Wildman–Crippen MR) is 85.7 cm³/mol. The summed E-state index contributed by atoms with van der Waals surface area (Å²) in [6, 6.07) is 12.6. The number of β-amino-alcohol motifs (C(OH)–C–C–N with tert-alkyl or cyclic N) is 1. The number of benzene rings is 1. The lowest BCUT2D eigenvalue weighted by molar-refractivity contribution is 0.0575. The van der Waals surface area contributed by atoms with Crippen molar-refractivity contribution in [1.29, 1.82) is 0 Å². The Kier molecular flexibility index (Phi) is 5.20. The van der Waals surface area contributed by atoms with E-state index in [2.05, 4.69) is 9.88 Å². The lowest BCUT2D eigenvalue weighted by Gasteiger charge is -2.33. The van der Waals surface area contributed by atoms with Crippen molar-refractivity contribution in [1.82, 2.24) is 9.88 Å². The maximum Gasteiger partial charge on any atom is 0.250 e. The number of hydrogen-bond donors (Lipinski definition) is 1. The summed E-state index contributed by atoms with van der Waals surface area (Å²) in [5, 5.41) is 10.3. The summed E-state index contributed by atoms with van der Waals surface area (Å²) in [6.45, 7) is 2.25. The molecule has 0 spiro atoms. The van der Waals surface area contributed by atoms with Gasteiger partial charge in [-0.25, -0.2) is 9.37 Å². The Morgan fingerprint density at radius 2 is 1.91 bits per heavy atom. The van der Waals surface area contributed by atoms with Crippen LogP contribution in [-0.4, -0.2) is 40.7 Å². The molecule has 1 aromatic carbocycles. The van der Waals surface area contributed by atoms with Gasteiger partial charge in [0.2, 0.25) is 0 Å². The molecule has 1 aliphatic heterocycles. The Labute approximate surface area is 135 Å². The Bertz CT molecular complexity index is 615. The van der Waals surface area contributed by atoms with Crippen LogP contribution in [0.5, 0.6) is 5.88 Å². The van der Waals surface area contributed by atoms with Crippen molar-refractivity contribution >= 4 is 0 Å². The molecular formula is C18H21FN2O2. The second kappa shape index (κ2) is 7.53. The minimum atomic E-state index is -0.484. The van der Waals surface area contributed by atoms with Crippen molar-refractivity contribution in [2.24, 2.45) is 0 Å². The van der Waals surface area contributed by atoms with Gasteiger partial charge in [-0.15, -0.1) is 0 Å². The Morgan fingerprint density at radius 3 is 2.61 bits per heavy atom. The zero-order valence-electron chi connectivity index (χ0n) is 12.9. The molecule has 0 unspecified atom stereocenters. The first-order chi connectivity index (χ1) is 11.2. The van der Waals surface area contributed by atoms with Crippen molar-refractivity contribution in [3.05, 3.63) is 60.0 Å². The maximum atomic E-state index is 13.6. The fourth-order valence-corrected chi connectivity index (χ4v) is 2.85. The average molecular weight is 316 g/mol. The summed E-state index contributed by atoms with van der Waals surface area (Å²) < 4.78 is 19.2. The first-order valence-electron chi connectivity index (χ1n) is 7.95. The predicted octanol–water partition coefficient (Wildman–Crippen LogP) is 2.80. The van der Waals surface area contributed by atoms with Gasteiger partial charge in [0.15, 0.2) is 5.82 Å². The molecule has 122 valence electrons. The van der Waals surface area contributed by atoms with Crippen LogP contribution in [0.15, 0.2) is 48.7 Å². The molecule has 1 aliphatic rings. The third-order valence-electron chi connectivity index (χ3n) is 4.15. The topological polar surface area (TPSA) is 45.6 Å². The van der Waals surface area contributed by atoms with E-state index in [9.17, 15) is 9.50 Å². The number of aliphatic hydroxyl groups excluding tert-OH is 1. The Morgan fingerprint density at radius 1 is 1.17 bits per heavy atom. The number of aromatic nitrogens is 1. The normalized spacial score (nSPS) is 17.8. The molecule has 1 N–H and O–H groups in total. The molecular weight excluding hydrogens is 295 g/mol. The van der Waals surface area contributed by atoms with E-state index in [-0.39, 0.29) is 12.0 Å². The van der Waals surface area contributed by atoms with Crippen LogP contribution in [-0.2, 0) is 0 Å². The number of aliphatic hydroxyl groups is 1. The molecule has 4 nitrogen and oxygen atoms in total. The molecule has 0 amide bonds. The number of hydrogen-bond acceptors (Lipinski definition) is 4. The quantitative estimate of drug-likeness (QED) is 0.921. The van der Waals surface area contributed by atoms with Gasteiger partial charge < -0.3 is 14.7 Å². The SMILES string of the molecule is O[C@H](CN1CCC(Oc2ncccc2F)CC1)c1ccccc1. The first-order valence-corrected chi connectivity index (χ1v) is 7.95. The Hall–Kier alpha value is -1.98. The average Bonchev–Trinajstić information content (AvgIpc) is 2.59. The number of pyridine rings is 1. The number of likely N-dealkylation sites (tertiary alicyclic amines) is 1. The molecule has 0 saturated carbocycles. The highest BCUT2D eigenvalue weighted by Gasteiger charge is 2.23. The zero-order chi connectivity index (χ0) is 16.1.